The smallest absolute Gasteiger partial charge is 0.418 e. The molecule has 194 valence electrons. The Bertz CT molecular complexity index is 1480. The van der Waals surface area contributed by atoms with Gasteiger partial charge in [0.15, 0.2) is 6.61 Å². The summed E-state index contributed by atoms with van der Waals surface area (Å²) in [5, 5.41) is 1.87. The highest BCUT2D eigenvalue weighted by Crippen LogP contribution is 2.37. The Morgan fingerprint density at radius 3 is 2.54 bits per heavy atom. The Hall–Kier alpha value is -3.57. The van der Waals surface area contributed by atoms with Crippen LogP contribution in [0.4, 0.5) is 24.5 Å². The molecule has 3 aromatic rings. The van der Waals surface area contributed by atoms with E-state index in [1.807, 2.05) is 17.4 Å². The molecular formula is C25H20ClF3N2O5S. The lowest BCUT2D eigenvalue weighted by atomic mass is 10.1. The van der Waals surface area contributed by atoms with Crippen LogP contribution in [0.3, 0.4) is 0 Å². The Morgan fingerprint density at radius 1 is 1.08 bits per heavy atom. The second-order valence-electron chi connectivity index (χ2n) is 8.32. The zero-order valence-electron chi connectivity index (χ0n) is 19.3. The summed E-state index contributed by atoms with van der Waals surface area (Å²) >= 11 is 5.62. The number of esters is 1. The van der Waals surface area contributed by atoms with E-state index in [1.165, 1.54) is 28.6 Å². The number of para-hydroxylation sites is 1. The van der Waals surface area contributed by atoms with Crippen molar-refractivity contribution in [2.24, 2.45) is 0 Å². The maximum atomic E-state index is 13.4. The monoisotopic (exact) mass is 552 g/mol. The van der Waals surface area contributed by atoms with Crippen molar-refractivity contribution in [2.45, 2.75) is 30.5 Å². The van der Waals surface area contributed by atoms with E-state index in [4.69, 9.17) is 16.3 Å². The minimum atomic E-state index is -4.77. The molecule has 0 radical (unpaired) electrons. The number of benzene rings is 3. The summed E-state index contributed by atoms with van der Waals surface area (Å²) in [6.07, 6.45) is -4.24. The number of nitrogens with one attached hydrogen (secondary N) is 1. The number of ether oxygens (including phenoxy) is 1. The predicted octanol–water partition coefficient (Wildman–Crippen LogP) is 5.29. The number of amides is 1. The molecule has 7 nitrogen and oxygen atoms in total. The van der Waals surface area contributed by atoms with Gasteiger partial charge in [-0.15, -0.1) is 0 Å². The molecule has 0 saturated carbocycles. The molecule has 37 heavy (non-hydrogen) atoms. The van der Waals surface area contributed by atoms with Crippen molar-refractivity contribution < 1.29 is 35.9 Å². The quantitative estimate of drug-likeness (QED) is 0.419. The van der Waals surface area contributed by atoms with E-state index in [0.29, 0.717) is 18.2 Å². The molecule has 1 aliphatic rings. The molecule has 0 fully saturated rings. The molecule has 1 N–H and O–H groups in total. The first-order chi connectivity index (χ1) is 17.4. The van der Waals surface area contributed by atoms with Crippen LogP contribution >= 0.6 is 11.6 Å². The third kappa shape index (κ3) is 5.57. The molecule has 0 spiro atoms. The van der Waals surface area contributed by atoms with Crippen molar-refractivity contribution in [2.75, 3.05) is 16.2 Å². The second-order valence-corrected chi connectivity index (χ2v) is 10.6. The molecule has 3 aromatic carbocycles. The van der Waals surface area contributed by atoms with Crippen LogP contribution in [0.1, 0.15) is 28.4 Å². The number of anilines is 2. The molecule has 1 aliphatic heterocycles. The van der Waals surface area contributed by atoms with Gasteiger partial charge in [0.25, 0.3) is 15.9 Å². The van der Waals surface area contributed by atoms with Gasteiger partial charge in [0.1, 0.15) is 0 Å². The average molecular weight is 553 g/mol. The van der Waals surface area contributed by atoms with Crippen LogP contribution < -0.4 is 9.62 Å². The molecular weight excluding hydrogens is 533 g/mol. The van der Waals surface area contributed by atoms with Gasteiger partial charge in [0.2, 0.25) is 0 Å². The van der Waals surface area contributed by atoms with Gasteiger partial charge in [-0.3, -0.25) is 9.10 Å². The highest BCUT2D eigenvalue weighted by atomic mass is 35.5. The largest absolute Gasteiger partial charge is 0.452 e. The fourth-order valence-electron chi connectivity index (χ4n) is 4.06. The van der Waals surface area contributed by atoms with E-state index in [1.54, 1.807) is 19.1 Å². The van der Waals surface area contributed by atoms with Crippen molar-refractivity contribution in [3.05, 3.63) is 88.4 Å². The van der Waals surface area contributed by atoms with Gasteiger partial charge in [-0.05, 0) is 61.4 Å². The number of carbonyl (C=O) groups is 2. The predicted molar refractivity (Wildman–Crippen MR) is 131 cm³/mol. The van der Waals surface area contributed by atoms with Crippen LogP contribution in [0.25, 0.3) is 0 Å². The molecule has 1 amide bonds. The van der Waals surface area contributed by atoms with Gasteiger partial charge in [0, 0.05) is 11.1 Å². The molecule has 0 unspecified atom stereocenters. The Labute approximate surface area is 215 Å². The molecule has 1 heterocycles. The SMILES string of the molecule is C[C@@H]1Cc2ccccc2N1S(=O)(=O)c1cccc(C(=O)OCC(=O)Nc2ccc(Cl)cc2C(F)(F)F)c1. The van der Waals surface area contributed by atoms with Crippen molar-refractivity contribution >= 4 is 44.9 Å². The second kappa shape index (κ2) is 10.1. The van der Waals surface area contributed by atoms with Crippen LogP contribution in [0, 0.1) is 0 Å². The minimum Gasteiger partial charge on any atom is -0.452 e. The van der Waals surface area contributed by atoms with Gasteiger partial charge < -0.3 is 10.1 Å². The third-order valence-electron chi connectivity index (χ3n) is 5.67. The normalized spacial score (nSPS) is 15.3. The molecule has 12 heteroatoms. The van der Waals surface area contributed by atoms with E-state index in [2.05, 4.69) is 0 Å². The number of sulfonamides is 1. The number of nitrogens with zero attached hydrogens (tertiary/aromatic N) is 1. The van der Waals surface area contributed by atoms with E-state index >= 15 is 0 Å². The maximum Gasteiger partial charge on any atom is 0.418 e. The Morgan fingerprint density at radius 2 is 1.81 bits per heavy atom. The van der Waals surface area contributed by atoms with Gasteiger partial charge in [-0.2, -0.15) is 13.2 Å². The number of rotatable bonds is 6. The number of hydrogen-bond donors (Lipinski definition) is 1. The van der Waals surface area contributed by atoms with E-state index in [9.17, 15) is 31.2 Å². The van der Waals surface area contributed by atoms with E-state index in [-0.39, 0.29) is 21.5 Å². The van der Waals surface area contributed by atoms with Crippen molar-refractivity contribution in [1.29, 1.82) is 0 Å². The number of alkyl halides is 3. The van der Waals surface area contributed by atoms with Crippen LogP contribution in [-0.2, 0) is 32.2 Å². The summed E-state index contributed by atoms with van der Waals surface area (Å²) in [6, 6.07) is 14.7. The topological polar surface area (TPSA) is 92.8 Å². The lowest BCUT2D eigenvalue weighted by molar-refractivity contribution is -0.137. The number of fused-ring (bicyclic) bond motifs is 1. The lowest BCUT2D eigenvalue weighted by Gasteiger charge is -2.24. The van der Waals surface area contributed by atoms with Gasteiger partial charge >= 0.3 is 12.1 Å². The summed E-state index contributed by atoms with van der Waals surface area (Å²) in [5.74, 6) is -2.04. The molecule has 0 aliphatic carbocycles. The zero-order chi connectivity index (χ0) is 27.0. The first-order valence-corrected chi connectivity index (χ1v) is 12.8. The fraction of sp³-hybridized carbons (Fsp3) is 0.200. The van der Waals surface area contributed by atoms with Crippen LogP contribution in [0.5, 0.6) is 0 Å². The number of carbonyl (C=O) groups excluding carboxylic acids is 2. The Balaban J connectivity index is 1.47. The van der Waals surface area contributed by atoms with Gasteiger partial charge in [-0.25, -0.2) is 13.2 Å². The van der Waals surface area contributed by atoms with Crippen molar-refractivity contribution in [1.82, 2.24) is 0 Å². The first kappa shape index (κ1) is 26.5. The average Bonchev–Trinajstić information content (AvgIpc) is 3.19. The summed E-state index contributed by atoms with van der Waals surface area (Å²) in [7, 11) is -4.02. The highest BCUT2D eigenvalue weighted by Gasteiger charge is 2.36. The molecule has 0 aromatic heterocycles. The maximum absolute atomic E-state index is 13.4. The van der Waals surface area contributed by atoms with Crippen LogP contribution in [0.15, 0.2) is 71.6 Å². The number of hydrogen-bond acceptors (Lipinski definition) is 5. The molecule has 4 rings (SSSR count). The van der Waals surface area contributed by atoms with E-state index < -0.39 is 45.9 Å². The Kier molecular flexibility index (Phi) is 7.20. The van der Waals surface area contributed by atoms with Crippen molar-refractivity contribution in [3.63, 3.8) is 0 Å². The fourth-order valence-corrected chi connectivity index (χ4v) is 5.97. The molecule has 0 saturated heterocycles. The zero-order valence-corrected chi connectivity index (χ0v) is 20.8. The van der Waals surface area contributed by atoms with Crippen molar-refractivity contribution in [3.8, 4) is 0 Å². The molecule has 1 atom stereocenters. The van der Waals surface area contributed by atoms with E-state index in [0.717, 1.165) is 17.7 Å². The first-order valence-electron chi connectivity index (χ1n) is 10.9. The minimum absolute atomic E-state index is 0.142. The summed E-state index contributed by atoms with van der Waals surface area (Å²) in [6.45, 7) is 0.880. The van der Waals surface area contributed by atoms with Gasteiger partial charge in [0.05, 0.1) is 27.4 Å². The molecule has 0 bridgehead atoms. The third-order valence-corrected chi connectivity index (χ3v) is 7.83. The number of halogens is 4. The summed E-state index contributed by atoms with van der Waals surface area (Å²) in [5.41, 5.74) is -0.410. The lowest BCUT2D eigenvalue weighted by Crippen LogP contribution is -2.35. The highest BCUT2D eigenvalue weighted by molar-refractivity contribution is 7.92. The van der Waals surface area contributed by atoms with Crippen LogP contribution in [-0.4, -0.2) is 32.9 Å². The standard InChI is InChI=1S/C25H20ClF3N2O5S/c1-15-11-16-5-2-3-8-22(16)31(15)37(34,35)19-7-4-6-17(12-19)24(33)36-14-23(32)30-21-10-9-18(26)13-20(21)25(27,28)29/h2-10,12-13,15H,11,14H2,1H3,(H,30,32)/t15-/m1/s1. The summed E-state index contributed by atoms with van der Waals surface area (Å²) < 4.78 is 72.7. The van der Waals surface area contributed by atoms with Crippen LogP contribution in [0.2, 0.25) is 5.02 Å². The van der Waals surface area contributed by atoms with Gasteiger partial charge in [-0.1, -0.05) is 35.9 Å². The summed E-state index contributed by atoms with van der Waals surface area (Å²) in [4.78, 5) is 24.6.